The standard InChI is InChI=1S/2Ba.H2O.H2S/h;;2*1H2/q2*+2;;/p-2. The van der Waals surface area contributed by atoms with Crippen molar-refractivity contribution in [3.05, 3.63) is 0 Å². The Morgan fingerprint density at radius 3 is 0.750 bits per heavy atom. The Balaban J connectivity index is 0. The average molecular weight is 325 g/mol. The molecule has 0 spiro atoms. The molecule has 0 aromatic rings. The molecule has 0 aromatic carbocycles. The molecule has 0 atom stereocenters. The first kappa shape index (κ1) is 26.0. The quantitative estimate of drug-likeness (QED) is 0.318. The molecule has 1 nitrogen and oxygen atoms in total. The van der Waals surface area contributed by atoms with Crippen molar-refractivity contribution in [2.24, 2.45) is 0 Å². The number of hydrogen-bond acceptors (Lipinski definition) is 2. The molecule has 0 aliphatic carbocycles. The molecular formula is H2Ba2OS+2. The van der Waals surface area contributed by atoms with Crippen LogP contribution < -0.4 is 0 Å². The Morgan fingerprint density at radius 2 is 0.750 bits per heavy atom. The third-order valence-corrected chi connectivity index (χ3v) is 0. The molecule has 0 rings (SSSR count). The first-order valence-electron chi connectivity index (χ1n) is 0. The van der Waals surface area contributed by atoms with Gasteiger partial charge in [-0.1, -0.05) is 0 Å². The van der Waals surface area contributed by atoms with Gasteiger partial charge in [0, 0.05) is 0 Å². The van der Waals surface area contributed by atoms with Crippen LogP contribution in [0.5, 0.6) is 0 Å². The minimum absolute atomic E-state index is 0. The molecular weight excluding hydrogens is 323 g/mol. The molecule has 0 aliphatic heterocycles. The molecule has 0 heterocycles. The summed E-state index contributed by atoms with van der Waals surface area (Å²) in [6, 6.07) is 0. The summed E-state index contributed by atoms with van der Waals surface area (Å²) in [5.74, 6) is 0. The molecule has 4 heavy (non-hydrogen) atoms. The van der Waals surface area contributed by atoms with Gasteiger partial charge in [-0.15, -0.1) is 0 Å². The zero-order chi connectivity index (χ0) is 0. The molecule has 0 fully saturated rings. The van der Waals surface area contributed by atoms with E-state index in [0.29, 0.717) is 0 Å². The van der Waals surface area contributed by atoms with Crippen molar-refractivity contribution < 1.29 is 5.48 Å². The van der Waals surface area contributed by atoms with Crippen LogP contribution in [0.2, 0.25) is 0 Å². The van der Waals surface area contributed by atoms with Crippen LogP contribution in [0.3, 0.4) is 0 Å². The van der Waals surface area contributed by atoms with Gasteiger partial charge >= 0.3 is 97.8 Å². The third-order valence-electron chi connectivity index (χ3n) is 0. The van der Waals surface area contributed by atoms with Crippen LogP contribution in [-0.2, 0) is 13.5 Å². The van der Waals surface area contributed by atoms with Crippen LogP contribution in [0, 0.1) is 0 Å². The van der Waals surface area contributed by atoms with E-state index in [9.17, 15) is 0 Å². The van der Waals surface area contributed by atoms with E-state index in [1.165, 1.54) is 0 Å². The average Bonchev–Trinajstić information content (AvgIpc) is 0. The van der Waals surface area contributed by atoms with E-state index in [2.05, 4.69) is 0 Å². The molecule has 0 saturated heterocycles. The molecule has 0 unspecified atom stereocenters. The second kappa shape index (κ2) is 16.1. The summed E-state index contributed by atoms with van der Waals surface area (Å²) in [5, 5.41) is 0. The van der Waals surface area contributed by atoms with Gasteiger partial charge in [-0.3, -0.25) is 0 Å². The fourth-order valence-electron chi connectivity index (χ4n) is 0. The second-order valence-corrected chi connectivity index (χ2v) is 0. The first-order chi connectivity index (χ1) is 0. The first-order valence-corrected chi connectivity index (χ1v) is 0. The molecule has 16 valence electrons. The van der Waals surface area contributed by atoms with Crippen molar-refractivity contribution in [3.8, 4) is 0 Å². The molecule has 0 aliphatic rings. The second-order valence-electron chi connectivity index (χ2n) is 0. The minimum Gasteiger partial charge on any atom is -0.870 e. The van der Waals surface area contributed by atoms with Gasteiger partial charge in [0.2, 0.25) is 0 Å². The van der Waals surface area contributed by atoms with Crippen LogP contribution >= 0.6 is 0 Å². The van der Waals surface area contributed by atoms with Crippen LogP contribution in [0.15, 0.2) is 0 Å². The molecule has 0 radical (unpaired) electrons. The summed E-state index contributed by atoms with van der Waals surface area (Å²) in [6.45, 7) is 0. The molecule has 0 saturated carbocycles. The Morgan fingerprint density at radius 1 is 0.750 bits per heavy atom. The summed E-state index contributed by atoms with van der Waals surface area (Å²) in [4.78, 5) is 0. The minimum atomic E-state index is 0. The Labute approximate surface area is 113 Å². The maximum absolute atomic E-state index is 0. The van der Waals surface area contributed by atoms with E-state index in [4.69, 9.17) is 0 Å². The number of thiol groups is 1. The summed E-state index contributed by atoms with van der Waals surface area (Å²) >= 11 is 0. The molecule has 1 N–H and O–H groups in total. The van der Waals surface area contributed by atoms with Gasteiger partial charge in [-0.05, 0) is 0 Å². The molecule has 0 amide bonds. The zero-order valence-corrected chi connectivity index (χ0v) is 12.1. The Hall–Kier alpha value is 3.45. The van der Waals surface area contributed by atoms with Crippen molar-refractivity contribution in [2.75, 3.05) is 0 Å². The fourth-order valence-corrected chi connectivity index (χ4v) is 0. The van der Waals surface area contributed by atoms with Crippen molar-refractivity contribution in [2.45, 2.75) is 0 Å². The van der Waals surface area contributed by atoms with Gasteiger partial charge in [0.25, 0.3) is 0 Å². The smallest absolute Gasteiger partial charge is 0.870 e. The van der Waals surface area contributed by atoms with E-state index in [1.807, 2.05) is 0 Å². The summed E-state index contributed by atoms with van der Waals surface area (Å²) < 4.78 is 0. The number of hydrogen-bond donors (Lipinski definition) is 0. The SMILES string of the molecule is [Ba+2].[Ba+2].[OH-].[SH-]. The van der Waals surface area contributed by atoms with Crippen molar-refractivity contribution in [3.63, 3.8) is 0 Å². The predicted molar refractivity (Wildman–Crippen MR) is 22.2 cm³/mol. The maximum atomic E-state index is 0. The van der Waals surface area contributed by atoms with Crippen molar-refractivity contribution in [1.29, 1.82) is 0 Å². The van der Waals surface area contributed by atoms with E-state index in [0.717, 1.165) is 0 Å². The van der Waals surface area contributed by atoms with Crippen LogP contribution in [0.4, 0.5) is 0 Å². The van der Waals surface area contributed by atoms with Crippen molar-refractivity contribution in [1.82, 2.24) is 0 Å². The van der Waals surface area contributed by atoms with E-state index in [-0.39, 0.29) is 117 Å². The van der Waals surface area contributed by atoms with Crippen LogP contribution in [0.25, 0.3) is 0 Å². The van der Waals surface area contributed by atoms with Gasteiger partial charge in [-0.25, -0.2) is 0 Å². The van der Waals surface area contributed by atoms with E-state index < -0.39 is 0 Å². The van der Waals surface area contributed by atoms with Gasteiger partial charge < -0.3 is 19.0 Å². The molecule has 0 bridgehead atoms. The fraction of sp³-hybridized carbons (Fsp3) is 0. The van der Waals surface area contributed by atoms with Gasteiger partial charge in [-0.2, -0.15) is 0 Å². The third kappa shape index (κ3) is 9.07. The summed E-state index contributed by atoms with van der Waals surface area (Å²) in [5.41, 5.74) is 0. The van der Waals surface area contributed by atoms with E-state index in [1.54, 1.807) is 0 Å². The summed E-state index contributed by atoms with van der Waals surface area (Å²) in [7, 11) is 0. The van der Waals surface area contributed by atoms with E-state index >= 15 is 0 Å². The van der Waals surface area contributed by atoms with Crippen LogP contribution in [0.1, 0.15) is 0 Å². The normalized spacial score (nSPS) is 0. The van der Waals surface area contributed by atoms with Gasteiger partial charge in [0.15, 0.2) is 0 Å². The zero-order valence-electron chi connectivity index (χ0n) is 2.31. The van der Waals surface area contributed by atoms with Crippen molar-refractivity contribution >= 4 is 111 Å². The largest absolute Gasteiger partial charge is 2.00 e. The maximum Gasteiger partial charge on any atom is 2.00 e. The molecule has 0 aromatic heterocycles. The monoisotopic (exact) mass is 326 g/mol. The number of rotatable bonds is 0. The summed E-state index contributed by atoms with van der Waals surface area (Å²) in [6.07, 6.45) is 0. The van der Waals surface area contributed by atoms with Gasteiger partial charge in [0.1, 0.15) is 0 Å². The van der Waals surface area contributed by atoms with Crippen LogP contribution in [-0.4, -0.2) is 103 Å². The Bertz CT molecular complexity index is 6.00. The predicted octanol–water partition coefficient (Wildman–Crippen LogP) is -1.21. The molecule has 4 heteroatoms. The van der Waals surface area contributed by atoms with Gasteiger partial charge in [0.05, 0.1) is 0 Å². The topological polar surface area (TPSA) is 30.0 Å². The Kier molecular flexibility index (Phi) is 105.